The number of anilines is 6. The van der Waals surface area contributed by atoms with Crippen LogP contribution >= 0.6 is 0 Å². The van der Waals surface area contributed by atoms with Gasteiger partial charge in [0.2, 0.25) is 0 Å². The maximum absolute atomic E-state index is 11.2. The molecule has 93 heavy (non-hydrogen) atoms. The second-order valence-corrected chi connectivity index (χ2v) is 31.5. The van der Waals surface area contributed by atoms with Crippen LogP contribution in [0.3, 0.4) is 0 Å². The van der Waals surface area contributed by atoms with Crippen molar-refractivity contribution in [3.05, 3.63) is 258 Å². The number of hydrogen-bond acceptors (Lipinski definition) is 3. The van der Waals surface area contributed by atoms with Crippen LogP contribution in [0.2, 0.25) is 0 Å². The SMILES string of the molecule is CC(C)(C)c1cc(-c2ccc3c(c2)N(c2ccc(C#N)c(-n4c5ccccc5c5ccccc54)c2)c2cc(C(C)(C)C)cc4c2B3c2ccc(-n3c5ccc(C(C)(C)C)cc5c5cc(C(C)(C)C)ccc53)cc2N4c2cccc(-c3ccccc3)c2)cc(C(C)(C)C)c1. The van der Waals surface area contributed by atoms with Crippen LogP contribution in [0.5, 0.6) is 0 Å². The predicted octanol–water partition coefficient (Wildman–Crippen LogP) is 21.7. The highest BCUT2D eigenvalue weighted by atomic mass is 15.2. The molecule has 0 amide bonds. The molecule has 2 aliphatic heterocycles. The van der Waals surface area contributed by atoms with Crippen molar-refractivity contribution < 1.29 is 0 Å². The van der Waals surface area contributed by atoms with Crippen molar-refractivity contribution in [2.24, 2.45) is 0 Å². The summed E-state index contributed by atoms with van der Waals surface area (Å²) in [7, 11) is 0. The third-order valence-corrected chi connectivity index (χ3v) is 20.1. The summed E-state index contributed by atoms with van der Waals surface area (Å²) in [4.78, 5) is 5.14. The highest BCUT2D eigenvalue weighted by molar-refractivity contribution is 7.00. The molecule has 5 nitrogen and oxygen atoms in total. The highest BCUT2D eigenvalue weighted by Gasteiger charge is 2.45. The van der Waals surface area contributed by atoms with Crippen LogP contribution < -0.4 is 26.2 Å². The second kappa shape index (κ2) is 21.1. The van der Waals surface area contributed by atoms with Crippen LogP contribution in [0.15, 0.2) is 224 Å². The standard InChI is InChI=1S/C87H82BN5/c1-83(2,3)59-34-40-75-69(47-59)70-48-60(84(4,5)6)35-41-76(70)90(75)66-37-39-72-79(52-66)91(64-27-23-26-55(44-64)54-24-17-16-18-25-54)80-49-63(87(13,14)15)50-81-82(80)88(72)71-38-33-56(58-42-61(85(7,8)9)46-62(43-58)86(10,11)12)45-78(71)92(81)65-36-32-57(53-89)77(51-65)93-73-30-21-19-28-67(73)68-29-20-22-31-74(68)93/h16-52H,1-15H3. The van der Waals surface area contributed by atoms with Gasteiger partial charge in [0.05, 0.1) is 33.3 Å². The Morgan fingerprint density at radius 1 is 0.290 bits per heavy atom. The Morgan fingerprint density at radius 3 is 1.29 bits per heavy atom. The minimum atomic E-state index is -0.273. The Hall–Kier alpha value is -9.83. The Morgan fingerprint density at radius 2 is 0.742 bits per heavy atom. The van der Waals surface area contributed by atoms with Gasteiger partial charge < -0.3 is 18.9 Å². The van der Waals surface area contributed by atoms with Gasteiger partial charge in [0.1, 0.15) is 6.07 Å². The molecule has 4 heterocycles. The molecule has 2 aliphatic rings. The van der Waals surface area contributed by atoms with Crippen molar-refractivity contribution in [2.45, 2.75) is 131 Å². The Balaban J connectivity index is 1.05. The topological polar surface area (TPSA) is 40.1 Å². The van der Waals surface area contributed by atoms with Crippen LogP contribution in [-0.2, 0) is 27.1 Å². The van der Waals surface area contributed by atoms with Gasteiger partial charge in [-0.3, -0.25) is 0 Å². The first-order chi connectivity index (χ1) is 44.2. The first-order valence-corrected chi connectivity index (χ1v) is 33.2. The average molecular weight is 1210 g/mol. The molecule has 2 aromatic heterocycles. The fourth-order valence-electron chi connectivity index (χ4n) is 14.8. The summed E-state index contributed by atoms with van der Waals surface area (Å²) in [6.07, 6.45) is 0. The van der Waals surface area contributed by atoms with Crippen molar-refractivity contribution in [1.29, 1.82) is 5.26 Å². The number of nitrogens with zero attached hydrogens (tertiary/aromatic N) is 5. The Labute approximate surface area is 550 Å². The lowest BCUT2D eigenvalue weighted by Gasteiger charge is -2.45. The molecule has 6 heteroatoms. The third kappa shape index (κ3) is 9.88. The minimum Gasteiger partial charge on any atom is -0.311 e. The maximum Gasteiger partial charge on any atom is 0.252 e. The minimum absolute atomic E-state index is 0.0315. The predicted molar refractivity (Wildman–Crippen MR) is 398 cm³/mol. The molecule has 0 saturated heterocycles. The summed E-state index contributed by atoms with van der Waals surface area (Å²) in [6, 6.07) is 87.6. The van der Waals surface area contributed by atoms with Crippen LogP contribution in [0.4, 0.5) is 34.1 Å². The van der Waals surface area contributed by atoms with E-state index in [1.54, 1.807) is 0 Å². The van der Waals surface area contributed by atoms with E-state index in [2.05, 4.69) is 347 Å². The highest BCUT2D eigenvalue weighted by Crippen LogP contribution is 2.50. The molecule has 0 N–H and O–H groups in total. The zero-order valence-electron chi connectivity index (χ0n) is 56.7. The van der Waals surface area contributed by atoms with E-state index < -0.39 is 0 Å². The molecule has 0 unspecified atom stereocenters. The molecule has 0 bridgehead atoms. The lowest BCUT2D eigenvalue weighted by atomic mass is 9.33. The lowest BCUT2D eigenvalue weighted by molar-refractivity contribution is 0.569. The summed E-state index contributed by atoms with van der Waals surface area (Å²) in [6.45, 7) is 34.7. The van der Waals surface area contributed by atoms with Gasteiger partial charge in [0.25, 0.3) is 6.71 Å². The second-order valence-electron chi connectivity index (χ2n) is 31.5. The van der Waals surface area contributed by atoms with Gasteiger partial charge in [-0.15, -0.1) is 0 Å². The van der Waals surface area contributed by atoms with Crippen molar-refractivity contribution in [3.8, 4) is 39.7 Å². The van der Waals surface area contributed by atoms with Crippen molar-refractivity contribution in [1.82, 2.24) is 9.13 Å². The average Bonchev–Trinajstić information content (AvgIpc) is 1.22. The number of rotatable bonds is 6. The van der Waals surface area contributed by atoms with Gasteiger partial charge in [-0.2, -0.15) is 5.26 Å². The normalized spacial score (nSPS) is 13.5. The van der Waals surface area contributed by atoms with Gasteiger partial charge in [0, 0.05) is 61.4 Å². The number of nitriles is 1. The van der Waals surface area contributed by atoms with Crippen LogP contribution in [-0.4, -0.2) is 15.8 Å². The van der Waals surface area contributed by atoms with E-state index in [1.165, 1.54) is 77.1 Å². The van der Waals surface area contributed by atoms with E-state index in [1.807, 2.05) is 6.07 Å². The number of benzene rings is 11. The lowest BCUT2D eigenvalue weighted by Crippen LogP contribution is -2.61. The number of aromatic nitrogens is 2. The van der Waals surface area contributed by atoms with Crippen LogP contribution in [0.1, 0.15) is 137 Å². The van der Waals surface area contributed by atoms with Gasteiger partial charge >= 0.3 is 0 Å². The third-order valence-electron chi connectivity index (χ3n) is 20.1. The molecule has 0 radical (unpaired) electrons. The zero-order valence-corrected chi connectivity index (χ0v) is 56.7. The van der Waals surface area contributed by atoms with E-state index in [0.717, 1.165) is 78.4 Å². The molecule has 0 aliphatic carbocycles. The monoisotopic (exact) mass is 1210 g/mol. The first kappa shape index (κ1) is 59.5. The fourth-order valence-corrected chi connectivity index (χ4v) is 14.8. The molecule has 11 aromatic carbocycles. The van der Waals surface area contributed by atoms with E-state index in [9.17, 15) is 5.26 Å². The Bertz CT molecular complexity index is 5110. The molecule has 0 saturated carbocycles. The summed E-state index contributed by atoms with van der Waals surface area (Å²) in [5.41, 5.74) is 28.0. The molecule has 0 spiro atoms. The van der Waals surface area contributed by atoms with Crippen LogP contribution in [0, 0.1) is 11.3 Å². The van der Waals surface area contributed by atoms with Crippen molar-refractivity contribution in [2.75, 3.05) is 9.80 Å². The quantitative estimate of drug-likeness (QED) is 0.156. The molecule has 0 atom stereocenters. The van der Waals surface area contributed by atoms with E-state index in [-0.39, 0.29) is 33.8 Å². The fraction of sp³-hybridized carbons (Fsp3) is 0.230. The number of hydrogen-bond donors (Lipinski definition) is 0. The van der Waals surface area contributed by atoms with E-state index >= 15 is 0 Å². The molecule has 15 rings (SSSR count). The summed E-state index contributed by atoms with van der Waals surface area (Å²) in [5, 5.41) is 16.1. The van der Waals surface area contributed by atoms with Crippen molar-refractivity contribution in [3.63, 3.8) is 0 Å². The van der Waals surface area contributed by atoms with Gasteiger partial charge in [-0.05, 0) is 191 Å². The van der Waals surface area contributed by atoms with E-state index in [4.69, 9.17) is 0 Å². The Kier molecular flexibility index (Phi) is 13.5. The first-order valence-electron chi connectivity index (χ1n) is 33.2. The van der Waals surface area contributed by atoms with Crippen LogP contribution in [0.25, 0.3) is 77.2 Å². The smallest absolute Gasteiger partial charge is 0.252 e. The summed E-state index contributed by atoms with van der Waals surface area (Å²) < 4.78 is 4.83. The van der Waals surface area contributed by atoms with Gasteiger partial charge in [-0.1, -0.05) is 231 Å². The molecule has 458 valence electrons. The molecule has 0 fully saturated rings. The van der Waals surface area contributed by atoms with Gasteiger partial charge in [0.15, 0.2) is 0 Å². The molecular weight excluding hydrogens is 1130 g/mol. The summed E-state index contributed by atoms with van der Waals surface area (Å²) in [5.74, 6) is 0. The van der Waals surface area contributed by atoms with Crippen molar-refractivity contribution >= 4 is 101 Å². The zero-order chi connectivity index (χ0) is 65.0. The summed E-state index contributed by atoms with van der Waals surface area (Å²) >= 11 is 0. The maximum atomic E-state index is 11.2. The molecule has 13 aromatic rings. The molecular formula is C87H82BN5. The number of fused-ring (bicyclic) bond motifs is 10. The number of para-hydroxylation sites is 2. The van der Waals surface area contributed by atoms with Gasteiger partial charge in [-0.25, -0.2) is 0 Å². The largest absolute Gasteiger partial charge is 0.311 e. The van der Waals surface area contributed by atoms with E-state index in [0.29, 0.717) is 5.56 Å².